The van der Waals surface area contributed by atoms with Crippen LogP contribution in [0.2, 0.25) is 0 Å². The lowest BCUT2D eigenvalue weighted by Gasteiger charge is -2.40. The van der Waals surface area contributed by atoms with Gasteiger partial charge in [-0.15, -0.1) is 0 Å². The van der Waals surface area contributed by atoms with Gasteiger partial charge in [0.25, 0.3) is 11.6 Å². The second-order valence-corrected chi connectivity index (χ2v) is 3.83. The predicted molar refractivity (Wildman–Crippen MR) is 55.6 cm³/mol. The van der Waals surface area contributed by atoms with E-state index >= 15 is 0 Å². The number of alkyl halides is 2. The lowest BCUT2D eigenvalue weighted by atomic mass is 10.1. The van der Waals surface area contributed by atoms with Crippen LogP contribution in [0.1, 0.15) is 10.4 Å². The number of aldehydes is 1. The van der Waals surface area contributed by atoms with Crippen LogP contribution in [-0.4, -0.2) is 30.2 Å². The number of rotatable bonds is 3. The molecule has 0 aliphatic carbocycles. The Hall–Kier alpha value is -2.05. The molecule has 1 saturated heterocycles. The molecule has 0 bridgehead atoms. The fraction of sp³-hybridized carbons (Fsp3) is 0.300. The van der Waals surface area contributed by atoms with Crippen LogP contribution in [0.5, 0.6) is 0 Å². The number of carbonyl (C=O) groups is 1. The highest BCUT2D eigenvalue weighted by molar-refractivity contribution is 5.86. The van der Waals surface area contributed by atoms with Gasteiger partial charge in [-0.3, -0.25) is 14.9 Å². The van der Waals surface area contributed by atoms with Crippen LogP contribution < -0.4 is 4.90 Å². The first kappa shape index (κ1) is 11.4. The zero-order valence-electron chi connectivity index (χ0n) is 8.60. The predicted octanol–water partition coefficient (Wildman–Crippen LogP) is 1.86. The second-order valence-electron chi connectivity index (χ2n) is 3.83. The SMILES string of the molecule is O=Cc1ccc([N+](=O)[O-])cc1N1CC(F)(F)C1. The van der Waals surface area contributed by atoms with E-state index in [1.165, 1.54) is 17.0 Å². The maximum atomic E-state index is 12.7. The van der Waals surface area contributed by atoms with Crippen molar-refractivity contribution in [1.29, 1.82) is 0 Å². The van der Waals surface area contributed by atoms with Crippen LogP contribution in [0.25, 0.3) is 0 Å². The highest BCUT2D eigenvalue weighted by Gasteiger charge is 2.44. The number of nitro benzene ring substituents is 1. The normalized spacial score (nSPS) is 17.4. The molecule has 0 spiro atoms. The number of hydrogen-bond donors (Lipinski definition) is 0. The maximum absolute atomic E-state index is 12.7. The fourth-order valence-electron chi connectivity index (χ4n) is 1.70. The molecular weight excluding hydrogens is 234 g/mol. The minimum absolute atomic E-state index is 0.172. The van der Waals surface area contributed by atoms with E-state index in [0.717, 1.165) is 6.07 Å². The van der Waals surface area contributed by atoms with E-state index < -0.39 is 23.9 Å². The third-order valence-corrected chi connectivity index (χ3v) is 2.54. The summed E-state index contributed by atoms with van der Waals surface area (Å²) in [6.45, 7) is -1.04. The quantitative estimate of drug-likeness (QED) is 0.461. The van der Waals surface area contributed by atoms with E-state index in [0.29, 0.717) is 6.29 Å². The van der Waals surface area contributed by atoms with Gasteiger partial charge in [-0.25, -0.2) is 8.78 Å². The summed E-state index contributed by atoms with van der Waals surface area (Å²) in [5, 5.41) is 10.6. The van der Waals surface area contributed by atoms with Crippen molar-refractivity contribution < 1.29 is 18.5 Å². The van der Waals surface area contributed by atoms with Crippen molar-refractivity contribution in [2.45, 2.75) is 5.92 Å². The summed E-state index contributed by atoms with van der Waals surface area (Å²) in [4.78, 5) is 21.9. The number of carbonyl (C=O) groups excluding carboxylic acids is 1. The molecule has 1 aromatic carbocycles. The van der Waals surface area contributed by atoms with E-state index in [9.17, 15) is 23.7 Å². The summed E-state index contributed by atoms with van der Waals surface area (Å²) in [5.74, 6) is -2.79. The Labute approximate surface area is 94.8 Å². The Morgan fingerprint density at radius 1 is 1.41 bits per heavy atom. The molecule has 0 saturated carbocycles. The topological polar surface area (TPSA) is 63.4 Å². The number of benzene rings is 1. The van der Waals surface area contributed by atoms with E-state index in [1.807, 2.05) is 0 Å². The van der Waals surface area contributed by atoms with E-state index in [1.54, 1.807) is 0 Å². The molecule has 0 radical (unpaired) electrons. The first-order valence-electron chi connectivity index (χ1n) is 4.79. The van der Waals surface area contributed by atoms with E-state index in [4.69, 9.17) is 0 Å². The number of nitrogens with zero attached hydrogens (tertiary/aromatic N) is 2. The number of nitro groups is 1. The third kappa shape index (κ3) is 2.08. The third-order valence-electron chi connectivity index (χ3n) is 2.54. The van der Waals surface area contributed by atoms with Crippen molar-refractivity contribution in [1.82, 2.24) is 0 Å². The molecule has 7 heteroatoms. The van der Waals surface area contributed by atoms with Crippen LogP contribution in [0.15, 0.2) is 18.2 Å². The number of non-ortho nitro benzene ring substituents is 1. The fourth-order valence-corrected chi connectivity index (χ4v) is 1.70. The van der Waals surface area contributed by atoms with Crippen LogP contribution >= 0.6 is 0 Å². The maximum Gasteiger partial charge on any atom is 0.282 e. The molecule has 0 N–H and O–H groups in total. The highest BCUT2D eigenvalue weighted by Crippen LogP contribution is 2.35. The van der Waals surface area contributed by atoms with Crippen LogP contribution in [-0.2, 0) is 0 Å². The monoisotopic (exact) mass is 242 g/mol. The van der Waals surface area contributed by atoms with Crippen molar-refractivity contribution in [3.63, 3.8) is 0 Å². The molecule has 0 unspecified atom stereocenters. The first-order valence-corrected chi connectivity index (χ1v) is 4.79. The molecule has 1 heterocycles. The lowest BCUT2D eigenvalue weighted by Crippen LogP contribution is -2.56. The largest absolute Gasteiger partial charge is 0.359 e. The zero-order valence-corrected chi connectivity index (χ0v) is 8.60. The number of anilines is 1. The molecule has 1 aliphatic rings. The van der Waals surface area contributed by atoms with Gasteiger partial charge in [-0.1, -0.05) is 0 Å². The zero-order chi connectivity index (χ0) is 12.6. The van der Waals surface area contributed by atoms with Gasteiger partial charge in [-0.05, 0) is 6.07 Å². The molecule has 90 valence electrons. The lowest BCUT2D eigenvalue weighted by molar-refractivity contribution is -0.384. The summed E-state index contributed by atoms with van der Waals surface area (Å²) in [7, 11) is 0. The van der Waals surface area contributed by atoms with Gasteiger partial charge < -0.3 is 4.90 Å². The molecule has 17 heavy (non-hydrogen) atoms. The minimum atomic E-state index is -2.79. The van der Waals surface area contributed by atoms with E-state index in [2.05, 4.69) is 0 Å². The number of hydrogen-bond acceptors (Lipinski definition) is 4. The van der Waals surface area contributed by atoms with Gasteiger partial charge in [0.05, 0.1) is 23.7 Å². The minimum Gasteiger partial charge on any atom is -0.359 e. The Morgan fingerprint density at radius 2 is 2.06 bits per heavy atom. The van der Waals surface area contributed by atoms with Crippen LogP contribution in [0.4, 0.5) is 20.2 Å². The summed E-state index contributed by atoms with van der Waals surface area (Å²) >= 11 is 0. The molecule has 2 rings (SSSR count). The summed E-state index contributed by atoms with van der Waals surface area (Å²) in [5.41, 5.74) is 0.132. The smallest absolute Gasteiger partial charge is 0.282 e. The molecule has 1 aliphatic heterocycles. The summed E-state index contributed by atoms with van der Waals surface area (Å²) in [6.07, 6.45) is 0.496. The molecule has 0 atom stereocenters. The van der Waals surface area contributed by atoms with Gasteiger partial charge >= 0.3 is 0 Å². The molecule has 1 fully saturated rings. The summed E-state index contributed by atoms with van der Waals surface area (Å²) < 4.78 is 25.4. The molecule has 0 amide bonds. The van der Waals surface area contributed by atoms with Gasteiger partial charge in [0.15, 0.2) is 6.29 Å². The Balaban J connectivity index is 2.34. The van der Waals surface area contributed by atoms with Gasteiger partial charge in [-0.2, -0.15) is 0 Å². The van der Waals surface area contributed by atoms with Gasteiger partial charge in [0.2, 0.25) is 0 Å². The van der Waals surface area contributed by atoms with E-state index in [-0.39, 0.29) is 16.9 Å². The Kier molecular flexibility index (Phi) is 2.53. The average Bonchev–Trinajstić information content (AvgIpc) is 2.24. The summed E-state index contributed by atoms with van der Waals surface area (Å²) in [6, 6.07) is 3.57. The first-order chi connectivity index (χ1) is 7.93. The molecule has 1 aromatic rings. The van der Waals surface area contributed by atoms with Gasteiger partial charge in [0.1, 0.15) is 0 Å². The Morgan fingerprint density at radius 3 is 2.53 bits per heavy atom. The molecular formula is C10H8F2N2O3. The number of halogens is 2. The second kappa shape index (κ2) is 3.76. The molecule has 0 aromatic heterocycles. The average molecular weight is 242 g/mol. The van der Waals surface area contributed by atoms with Gasteiger partial charge in [0, 0.05) is 17.7 Å². The van der Waals surface area contributed by atoms with Crippen molar-refractivity contribution in [3.05, 3.63) is 33.9 Å². The standard InChI is InChI=1S/C10H8F2N2O3/c11-10(12)5-13(6-10)9-3-8(14(16)17)2-1-7(9)4-15/h1-4H,5-6H2. The molecule has 5 nitrogen and oxygen atoms in total. The van der Waals surface area contributed by atoms with Crippen molar-refractivity contribution in [3.8, 4) is 0 Å². The highest BCUT2D eigenvalue weighted by atomic mass is 19.3. The van der Waals surface area contributed by atoms with Crippen molar-refractivity contribution >= 4 is 17.7 Å². The van der Waals surface area contributed by atoms with Crippen molar-refractivity contribution in [2.75, 3.05) is 18.0 Å². The van der Waals surface area contributed by atoms with Crippen LogP contribution in [0, 0.1) is 10.1 Å². The van der Waals surface area contributed by atoms with Crippen LogP contribution in [0.3, 0.4) is 0 Å². The van der Waals surface area contributed by atoms with Crippen molar-refractivity contribution in [2.24, 2.45) is 0 Å². The Bertz CT molecular complexity index is 482.